The molecule has 2 N–H and O–H groups in total. The minimum absolute atomic E-state index is 0.0683. The van der Waals surface area contributed by atoms with Gasteiger partial charge in [-0.25, -0.2) is 0 Å². The summed E-state index contributed by atoms with van der Waals surface area (Å²) in [5, 5.41) is 8.89. The first-order valence-corrected chi connectivity index (χ1v) is 9.24. The summed E-state index contributed by atoms with van der Waals surface area (Å²) in [6.45, 7) is 6.93. The largest absolute Gasteiger partial charge is 0.435 e. The summed E-state index contributed by atoms with van der Waals surface area (Å²) in [4.78, 5) is 25.1. The Kier molecular flexibility index (Phi) is 6.62. The van der Waals surface area contributed by atoms with Crippen LogP contribution < -0.4 is 10.6 Å². The molecular formula is C19H22ClF3N4O2. The number of halogens is 4. The highest BCUT2D eigenvalue weighted by Gasteiger charge is 2.37. The standard InChI is InChI=1S/C19H22ClF3N4O2/c1-9(2)11(4)27-14(8-15(26-27)19(21,22)23)18(29)25-16-10(3)6-12(20)7-13(16)17(28)24-5/h6-9,11H,1-5H3,(H,24,28)(H,25,29). The van der Waals surface area contributed by atoms with Crippen LogP contribution in [0.5, 0.6) is 0 Å². The van der Waals surface area contributed by atoms with E-state index in [0.29, 0.717) is 11.6 Å². The number of rotatable bonds is 5. The zero-order chi connectivity index (χ0) is 22.1. The number of nitrogens with zero attached hydrogens (tertiary/aromatic N) is 2. The maximum absolute atomic E-state index is 13.2. The fourth-order valence-corrected chi connectivity index (χ4v) is 2.97. The Labute approximate surface area is 171 Å². The summed E-state index contributed by atoms with van der Waals surface area (Å²) >= 11 is 6.00. The van der Waals surface area contributed by atoms with E-state index in [9.17, 15) is 22.8 Å². The average molecular weight is 431 g/mol. The molecule has 1 heterocycles. The highest BCUT2D eigenvalue weighted by Crippen LogP contribution is 2.32. The van der Waals surface area contributed by atoms with Crippen molar-refractivity contribution in [2.24, 2.45) is 5.92 Å². The van der Waals surface area contributed by atoms with Crippen molar-refractivity contribution in [2.45, 2.75) is 39.9 Å². The molecule has 1 aromatic heterocycles. The lowest BCUT2D eigenvalue weighted by molar-refractivity contribution is -0.141. The van der Waals surface area contributed by atoms with Crippen LogP contribution in [0.3, 0.4) is 0 Å². The lowest BCUT2D eigenvalue weighted by Crippen LogP contribution is -2.25. The van der Waals surface area contributed by atoms with Gasteiger partial charge in [0.25, 0.3) is 11.8 Å². The Morgan fingerprint density at radius 2 is 1.76 bits per heavy atom. The van der Waals surface area contributed by atoms with Gasteiger partial charge in [0, 0.05) is 18.1 Å². The van der Waals surface area contributed by atoms with Gasteiger partial charge in [0.2, 0.25) is 0 Å². The first kappa shape index (κ1) is 22.7. The smallest absolute Gasteiger partial charge is 0.355 e. The molecule has 0 radical (unpaired) electrons. The van der Waals surface area contributed by atoms with Crippen LogP contribution in [0.15, 0.2) is 18.2 Å². The second kappa shape index (κ2) is 8.44. The van der Waals surface area contributed by atoms with E-state index in [1.165, 1.54) is 13.1 Å². The van der Waals surface area contributed by atoms with Crippen LogP contribution in [-0.2, 0) is 6.18 Å². The van der Waals surface area contributed by atoms with E-state index in [-0.39, 0.29) is 27.9 Å². The molecule has 6 nitrogen and oxygen atoms in total. The van der Waals surface area contributed by atoms with Gasteiger partial charge in [0.15, 0.2) is 5.69 Å². The Morgan fingerprint density at radius 1 is 1.14 bits per heavy atom. The molecular weight excluding hydrogens is 409 g/mol. The molecule has 158 valence electrons. The molecule has 2 aromatic rings. The number of anilines is 1. The highest BCUT2D eigenvalue weighted by molar-refractivity contribution is 6.31. The molecule has 2 amide bonds. The Bertz CT molecular complexity index is 938. The number of aryl methyl sites for hydroxylation is 1. The summed E-state index contributed by atoms with van der Waals surface area (Å²) in [7, 11) is 1.42. The predicted octanol–water partition coefficient (Wildman–Crippen LogP) is 4.69. The van der Waals surface area contributed by atoms with Crippen molar-refractivity contribution in [3.05, 3.63) is 45.7 Å². The maximum atomic E-state index is 13.2. The minimum Gasteiger partial charge on any atom is -0.355 e. The van der Waals surface area contributed by atoms with Crippen molar-refractivity contribution in [3.8, 4) is 0 Å². The van der Waals surface area contributed by atoms with E-state index in [4.69, 9.17) is 11.6 Å². The minimum atomic E-state index is -4.69. The third kappa shape index (κ3) is 4.90. The van der Waals surface area contributed by atoms with Crippen LogP contribution in [0.1, 0.15) is 58.9 Å². The molecule has 0 saturated carbocycles. The SMILES string of the molecule is CNC(=O)c1cc(Cl)cc(C)c1NC(=O)c1cc(C(F)(F)F)nn1C(C)C(C)C. The van der Waals surface area contributed by atoms with Gasteiger partial charge in [-0.2, -0.15) is 18.3 Å². The predicted molar refractivity (Wildman–Crippen MR) is 104 cm³/mol. The molecule has 0 fully saturated rings. The molecule has 0 bridgehead atoms. The molecule has 0 spiro atoms. The van der Waals surface area contributed by atoms with E-state index in [0.717, 1.165) is 4.68 Å². The number of alkyl halides is 3. The van der Waals surface area contributed by atoms with Crippen LogP contribution in [0.2, 0.25) is 5.02 Å². The Morgan fingerprint density at radius 3 is 2.28 bits per heavy atom. The van der Waals surface area contributed by atoms with Gasteiger partial charge in [0.05, 0.1) is 17.3 Å². The van der Waals surface area contributed by atoms with Crippen LogP contribution in [-0.4, -0.2) is 28.6 Å². The number of carbonyl (C=O) groups excluding carboxylic acids is 2. The lowest BCUT2D eigenvalue weighted by atomic mass is 10.1. The van der Waals surface area contributed by atoms with E-state index in [1.54, 1.807) is 19.9 Å². The van der Waals surface area contributed by atoms with Gasteiger partial charge < -0.3 is 10.6 Å². The Balaban J connectivity index is 2.54. The molecule has 0 aliphatic carbocycles. The van der Waals surface area contributed by atoms with Crippen molar-refractivity contribution >= 4 is 29.1 Å². The molecule has 0 saturated heterocycles. The molecule has 0 aliphatic heterocycles. The molecule has 1 unspecified atom stereocenters. The summed E-state index contributed by atoms with van der Waals surface area (Å²) < 4.78 is 40.6. The van der Waals surface area contributed by atoms with Gasteiger partial charge in [-0.1, -0.05) is 25.4 Å². The number of amides is 2. The van der Waals surface area contributed by atoms with Crippen molar-refractivity contribution in [2.75, 3.05) is 12.4 Å². The summed E-state index contributed by atoms with van der Waals surface area (Å²) in [5.74, 6) is -1.37. The average Bonchev–Trinajstić information content (AvgIpc) is 3.07. The quantitative estimate of drug-likeness (QED) is 0.722. The van der Waals surface area contributed by atoms with E-state index >= 15 is 0 Å². The number of hydrogen-bond acceptors (Lipinski definition) is 3. The fourth-order valence-electron chi connectivity index (χ4n) is 2.70. The summed E-state index contributed by atoms with van der Waals surface area (Å²) in [6, 6.07) is 3.16. The summed E-state index contributed by atoms with van der Waals surface area (Å²) in [6.07, 6.45) is -4.69. The second-order valence-corrected chi connectivity index (χ2v) is 7.46. The number of nitrogens with one attached hydrogen (secondary N) is 2. The Hall–Kier alpha value is -2.55. The molecule has 0 aliphatic rings. The zero-order valence-electron chi connectivity index (χ0n) is 16.6. The van der Waals surface area contributed by atoms with E-state index in [2.05, 4.69) is 15.7 Å². The molecule has 2 rings (SSSR count). The van der Waals surface area contributed by atoms with Crippen molar-refractivity contribution in [1.29, 1.82) is 0 Å². The van der Waals surface area contributed by atoms with Crippen LogP contribution in [0.4, 0.5) is 18.9 Å². The van der Waals surface area contributed by atoms with E-state index in [1.807, 2.05) is 13.8 Å². The third-order valence-electron chi connectivity index (χ3n) is 4.62. The van der Waals surface area contributed by atoms with Crippen LogP contribution in [0, 0.1) is 12.8 Å². The molecule has 1 aromatic carbocycles. The van der Waals surface area contributed by atoms with Crippen LogP contribution >= 0.6 is 11.6 Å². The topological polar surface area (TPSA) is 76.0 Å². The van der Waals surface area contributed by atoms with Crippen molar-refractivity contribution in [3.63, 3.8) is 0 Å². The van der Waals surface area contributed by atoms with Crippen molar-refractivity contribution in [1.82, 2.24) is 15.1 Å². The normalized spacial score (nSPS) is 12.8. The van der Waals surface area contributed by atoms with Crippen LogP contribution in [0.25, 0.3) is 0 Å². The highest BCUT2D eigenvalue weighted by atomic mass is 35.5. The first-order valence-electron chi connectivity index (χ1n) is 8.87. The van der Waals surface area contributed by atoms with Gasteiger partial charge >= 0.3 is 6.18 Å². The van der Waals surface area contributed by atoms with Gasteiger partial charge in [0.1, 0.15) is 5.69 Å². The van der Waals surface area contributed by atoms with E-state index < -0.39 is 29.7 Å². The third-order valence-corrected chi connectivity index (χ3v) is 4.84. The van der Waals surface area contributed by atoms with Gasteiger partial charge in [-0.3, -0.25) is 14.3 Å². The fraction of sp³-hybridized carbons (Fsp3) is 0.421. The molecule has 1 atom stereocenters. The maximum Gasteiger partial charge on any atom is 0.435 e. The lowest BCUT2D eigenvalue weighted by Gasteiger charge is -2.19. The number of aromatic nitrogens is 2. The molecule has 10 heteroatoms. The van der Waals surface area contributed by atoms with Gasteiger partial charge in [-0.15, -0.1) is 0 Å². The monoisotopic (exact) mass is 430 g/mol. The van der Waals surface area contributed by atoms with Gasteiger partial charge in [-0.05, 0) is 37.5 Å². The number of benzene rings is 1. The number of carbonyl (C=O) groups is 2. The van der Waals surface area contributed by atoms with Crippen molar-refractivity contribution < 1.29 is 22.8 Å². The zero-order valence-corrected chi connectivity index (χ0v) is 17.4. The summed E-state index contributed by atoms with van der Waals surface area (Å²) in [5.41, 5.74) is -0.657. The second-order valence-electron chi connectivity index (χ2n) is 7.02. The molecule has 29 heavy (non-hydrogen) atoms. The number of hydrogen-bond donors (Lipinski definition) is 2. The first-order chi connectivity index (χ1) is 13.4.